The summed E-state index contributed by atoms with van der Waals surface area (Å²) in [6, 6.07) is 22.8. The van der Waals surface area contributed by atoms with E-state index in [1.807, 2.05) is 33.2 Å². The van der Waals surface area contributed by atoms with E-state index in [9.17, 15) is 4.79 Å². The van der Waals surface area contributed by atoms with Gasteiger partial charge in [-0.3, -0.25) is 9.69 Å². The molecule has 33 heavy (non-hydrogen) atoms. The Morgan fingerprint density at radius 2 is 1.73 bits per heavy atom. The van der Waals surface area contributed by atoms with E-state index in [-0.39, 0.29) is 5.91 Å². The van der Waals surface area contributed by atoms with E-state index < -0.39 is 0 Å². The van der Waals surface area contributed by atoms with Gasteiger partial charge in [0.15, 0.2) is 0 Å². The van der Waals surface area contributed by atoms with Gasteiger partial charge in [0, 0.05) is 32.7 Å². The molecule has 0 atom stereocenters. The van der Waals surface area contributed by atoms with Crippen molar-refractivity contribution in [3.63, 3.8) is 0 Å². The summed E-state index contributed by atoms with van der Waals surface area (Å²) in [6.45, 7) is 8.24. The molecule has 1 saturated heterocycles. The fourth-order valence-corrected chi connectivity index (χ4v) is 5.00. The Bertz CT molecular complexity index is 1240. The van der Waals surface area contributed by atoms with Crippen LogP contribution in [0, 0.1) is 13.8 Å². The molecule has 5 nitrogen and oxygen atoms in total. The number of aromatic nitrogens is 2. The second-order valence-corrected chi connectivity index (χ2v) is 9.60. The number of hydrogen-bond donors (Lipinski definition) is 0. The van der Waals surface area contributed by atoms with Crippen molar-refractivity contribution >= 4 is 17.2 Å². The molecule has 2 aromatic carbocycles. The molecule has 5 rings (SSSR count). The molecular weight excluding hydrogens is 428 g/mol. The summed E-state index contributed by atoms with van der Waals surface area (Å²) in [5.74, 6) is 0.0468. The molecule has 0 bridgehead atoms. The largest absolute Gasteiger partial charge is 0.335 e. The molecule has 4 aromatic rings. The average molecular weight is 457 g/mol. The van der Waals surface area contributed by atoms with Gasteiger partial charge in [0.2, 0.25) is 0 Å². The fraction of sp³-hybridized carbons (Fsp3) is 0.259. The number of carbonyl (C=O) groups excluding carboxylic acids is 1. The summed E-state index contributed by atoms with van der Waals surface area (Å²) in [6.07, 6.45) is 0. The van der Waals surface area contributed by atoms with Gasteiger partial charge in [-0.05, 0) is 54.1 Å². The van der Waals surface area contributed by atoms with Gasteiger partial charge in [-0.25, -0.2) is 4.68 Å². The van der Waals surface area contributed by atoms with Crippen LogP contribution in [0.15, 0.2) is 72.1 Å². The maximum absolute atomic E-state index is 13.7. The standard InChI is InChI=1S/C27H28N4OS/c1-20-10-11-21(2)24(17-20)31-25(18-23(28-31)26-9-6-16-33-26)27(32)30-14-12-29(13-15-30)19-22-7-4-3-5-8-22/h3-11,16-18H,12-15,19H2,1-2H3. The van der Waals surface area contributed by atoms with Crippen molar-refractivity contribution in [2.75, 3.05) is 26.2 Å². The maximum atomic E-state index is 13.7. The van der Waals surface area contributed by atoms with Gasteiger partial charge < -0.3 is 4.90 Å². The minimum Gasteiger partial charge on any atom is -0.335 e. The molecule has 2 aromatic heterocycles. The van der Waals surface area contributed by atoms with Crippen LogP contribution in [0.1, 0.15) is 27.2 Å². The van der Waals surface area contributed by atoms with Crippen LogP contribution in [0.25, 0.3) is 16.3 Å². The first-order chi connectivity index (χ1) is 16.1. The third-order valence-corrected chi connectivity index (χ3v) is 7.10. The Hall–Kier alpha value is -3.22. The molecule has 1 aliphatic rings. The second kappa shape index (κ2) is 9.33. The van der Waals surface area contributed by atoms with E-state index in [4.69, 9.17) is 5.10 Å². The molecule has 1 aliphatic heterocycles. The summed E-state index contributed by atoms with van der Waals surface area (Å²) in [5, 5.41) is 6.92. The molecule has 1 amide bonds. The lowest BCUT2D eigenvalue weighted by atomic mass is 10.1. The minimum absolute atomic E-state index is 0.0468. The fourth-order valence-electron chi connectivity index (χ4n) is 4.32. The van der Waals surface area contributed by atoms with E-state index in [1.165, 1.54) is 5.56 Å². The molecule has 1 fully saturated rings. The van der Waals surface area contributed by atoms with E-state index in [1.54, 1.807) is 11.3 Å². The molecule has 0 saturated carbocycles. The predicted molar refractivity (Wildman–Crippen MR) is 134 cm³/mol. The molecule has 3 heterocycles. The van der Waals surface area contributed by atoms with E-state index in [2.05, 4.69) is 67.3 Å². The van der Waals surface area contributed by atoms with Crippen LogP contribution >= 0.6 is 11.3 Å². The number of piperazine rings is 1. The quantitative estimate of drug-likeness (QED) is 0.416. The maximum Gasteiger partial charge on any atom is 0.272 e. The van der Waals surface area contributed by atoms with Crippen LogP contribution in [0.4, 0.5) is 0 Å². The molecule has 0 unspecified atom stereocenters. The first-order valence-electron chi connectivity index (χ1n) is 11.4. The Labute approximate surface area is 198 Å². The number of benzene rings is 2. The normalized spacial score (nSPS) is 14.5. The van der Waals surface area contributed by atoms with Crippen LogP contribution in [-0.4, -0.2) is 51.7 Å². The van der Waals surface area contributed by atoms with Crippen LogP contribution in [0.2, 0.25) is 0 Å². The zero-order valence-corrected chi connectivity index (χ0v) is 19.9. The third kappa shape index (κ3) is 4.63. The lowest BCUT2D eigenvalue weighted by Crippen LogP contribution is -2.48. The van der Waals surface area contributed by atoms with Gasteiger partial charge in [0.05, 0.1) is 10.6 Å². The summed E-state index contributed by atoms with van der Waals surface area (Å²) in [5.41, 5.74) is 6.00. The number of nitrogens with zero attached hydrogens (tertiary/aromatic N) is 4. The number of carbonyl (C=O) groups is 1. The highest BCUT2D eigenvalue weighted by Gasteiger charge is 2.27. The summed E-state index contributed by atoms with van der Waals surface area (Å²) in [4.78, 5) is 19.1. The summed E-state index contributed by atoms with van der Waals surface area (Å²) in [7, 11) is 0. The highest BCUT2D eigenvalue weighted by Crippen LogP contribution is 2.28. The van der Waals surface area contributed by atoms with E-state index >= 15 is 0 Å². The lowest BCUT2D eigenvalue weighted by Gasteiger charge is -2.34. The zero-order valence-electron chi connectivity index (χ0n) is 19.1. The van der Waals surface area contributed by atoms with E-state index in [0.717, 1.165) is 60.1 Å². The Morgan fingerprint density at radius 3 is 2.45 bits per heavy atom. The number of amides is 1. The Kier molecular flexibility index (Phi) is 6.11. The summed E-state index contributed by atoms with van der Waals surface area (Å²) >= 11 is 1.64. The average Bonchev–Trinajstić information content (AvgIpc) is 3.52. The van der Waals surface area contributed by atoms with Crippen molar-refractivity contribution in [2.24, 2.45) is 0 Å². The van der Waals surface area contributed by atoms with E-state index in [0.29, 0.717) is 5.69 Å². The highest BCUT2D eigenvalue weighted by molar-refractivity contribution is 7.13. The van der Waals surface area contributed by atoms with Crippen LogP contribution in [0.5, 0.6) is 0 Å². The molecule has 0 aliphatic carbocycles. The van der Waals surface area contributed by atoms with Gasteiger partial charge in [0.1, 0.15) is 11.4 Å². The number of aryl methyl sites for hydroxylation is 2. The molecule has 168 valence electrons. The van der Waals surface area contributed by atoms with Gasteiger partial charge in [0.25, 0.3) is 5.91 Å². The lowest BCUT2D eigenvalue weighted by molar-refractivity contribution is 0.0619. The predicted octanol–water partition coefficient (Wildman–Crippen LogP) is 5.18. The van der Waals surface area contributed by atoms with Crippen LogP contribution in [-0.2, 0) is 6.54 Å². The number of hydrogen-bond acceptors (Lipinski definition) is 4. The first-order valence-corrected chi connectivity index (χ1v) is 12.2. The smallest absolute Gasteiger partial charge is 0.272 e. The van der Waals surface area contributed by atoms with Crippen LogP contribution < -0.4 is 0 Å². The van der Waals surface area contributed by atoms with Crippen molar-refractivity contribution in [3.8, 4) is 16.3 Å². The third-order valence-electron chi connectivity index (χ3n) is 6.20. The number of rotatable bonds is 5. The first kappa shape index (κ1) is 21.6. The molecule has 0 radical (unpaired) electrons. The van der Waals surface area contributed by atoms with Crippen molar-refractivity contribution < 1.29 is 4.79 Å². The van der Waals surface area contributed by atoms with Gasteiger partial charge in [-0.1, -0.05) is 48.5 Å². The van der Waals surface area contributed by atoms with Gasteiger partial charge in [-0.15, -0.1) is 11.3 Å². The minimum atomic E-state index is 0.0468. The SMILES string of the molecule is Cc1ccc(C)c(-n2nc(-c3cccs3)cc2C(=O)N2CCN(Cc3ccccc3)CC2)c1. The van der Waals surface area contributed by atoms with Crippen LogP contribution in [0.3, 0.4) is 0 Å². The van der Waals surface area contributed by atoms with Gasteiger partial charge in [-0.2, -0.15) is 5.10 Å². The molecular formula is C27H28N4OS. The summed E-state index contributed by atoms with van der Waals surface area (Å²) < 4.78 is 1.84. The van der Waals surface area contributed by atoms with Crippen molar-refractivity contribution in [2.45, 2.75) is 20.4 Å². The Balaban J connectivity index is 1.40. The van der Waals surface area contributed by atoms with Crippen molar-refractivity contribution in [3.05, 3.63) is 94.5 Å². The highest BCUT2D eigenvalue weighted by atomic mass is 32.1. The van der Waals surface area contributed by atoms with Crippen molar-refractivity contribution in [1.82, 2.24) is 19.6 Å². The van der Waals surface area contributed by atoms with Gasteiger partial charge >= 0.3 is 0 Å². The zero-order chi connectivity index (χ0) is 22.8. The molecule has 0 N–H and O–H groups in total. The monoisotopic (exact) mass is 456 g/mol. The molecule has 6 heteroatoms. The molecule has 0 spiro atoms. The number of thiophene rings is 1. The Morgan fingerprint density at radius 1 is 0.939 bits per heavy atom. The topological polar surface area (TPSA) is 41.4 Å². The van der Waals surface area contributed by atoms with Crippen molar-refractivity contribution in [1.29, 1.82) is 0 Å². The second-order valence-electron chi connectivity index (χ2n) is 8.65.